The highest BCUT2D eigenvalue weighted by Crippen LogP contribution is 2.25. The lowest BCUT2D eigenvalue weighted by Gasteiger charge is -2.18. The van der Waals surface area contributed by atoms with Gasteiger partial charge in [0.25, 0.3) is 0 Å². The van der Waals surface area contributed by atoms with Gasteiger partial charge in [-0.3, -0.25) is 4.79 Å². The van der Waals surface area contributed by atoms with Gasteiger partial charge in [0.2, 0.25) is 0 Å². The molecule has 0 saturated heterocycles. The monoisotopic (exact) mass is 220 g/mol. The van der Waals surface area contributed by atoms with Crippen LogP contribution in [0.15, 0.2) is 43.0 Å². The Hall–Kier alpha value is -1.61. The molecule has 0 aromatic heterocycles. The van der Waals surface area contributed by atoms with Crippen LogP contribution in [0.5, 0.6) is 0 Å². The summed E-state index contributed by atoms with van der Waals surface area (Å²) in [6, 6.07) is 9.20. The molecule has 86 valence electrons. The van der Waals surface area contributed by atoms with Crippen molar-refractivity contribution in [2.24, 2.45) is 5.92 Å². The lowest BCUT2D eigenvalue weighted by Crippen LogP contribution is -2.15. The van der Waals surface area contributed by atoms with Crippen LogP contribution in [0, 0.1) is 5.92 Å². The quantitative estimate of drug-likeness (QED) is 0.610. The maximum absolute atomic E-state index is 11.1. The number of aliphatic hydroxyl groups is 1. The number of ether oxygens (including phenoxy) is 1. The molecule has 3 nitrogen and oxygen atoms in total. The van der Waals surface area contributed by atoms with Crippen LogP contribution in [0.2, 0.25) is 0 Å². The highest BCUT2D eigenvalue weighted by Gasteiger charge is 2.21. The van der Waals surface area contributed by atoms with Crippen LogP contribution in [-0.2, 0) is 9.53 Å². The van der Waals surface area contributed by atoms with Crippen molar-refractivity contribution in [3.8, 4) is 0 Å². The van der Waals surface area contributed by atoms with Crippen molar-refractivity contribution in [1.82, 2.24) is 0 Å². The number of hydrogen-bond donors (Lipinski definition) is 1. The van der Waals surface area contributed by atoms with Gasteiger partial charge in [0, 0.05) is 5.92 Å². The van der Waals surface area contributed by atoms with Crippen LogP contribution in [-0.4, -0.2) is 18.2 Å². The van der Waals surface area contributed by atoms with E-state index in [1.807, 2.05) is 30.3 Å². The molecule has 0 heterocycles. The molecule has 0 aliphatic carbocycles. The van der Waals surface area contributed by atoms with E-state index in [1.54, 1.807) is 6.08 Å². The normalized spacial score (nSPS) is 13.9. The average molecular weight is 220 g/mol. The minimum Gasteiger partial charge on any atom is -0.469 e. The number of methoxy groups -OCH3 is 1. The Kier molecular flexibility index (Phi) is 4.73. The molecule has 1 aromatic rings. The van der Waals surface area contributed by atoms with Gasteiger partial charge >= 0.3 is 5.97 Å². The number of rotatable bonds is 5. The molecular weight excluding hydrogens is 204 g/mol. The second kappa shape index (κ2) is 6.08. The average Bonchev–Trinajstić information content (AvgIpc) is 2.35. The molecule has 0 aliphatic rings. The van der Waals surface area contributed by atoms with Crippen LogP contribution >= 0.6 is 0 Å². The molecule has 3 heteroatoms. The van der Waals surface area contributed by atoms with Crippen LogP contribution < -0.4 is 0 Å². The smallest absolute Gasteiger partial charge is 0.306 e. The summed E-state index contributed by atoms with van der Waals surface area (Å²) in [5.41, 5.74) is 0.774. The fourth-order valence-corrected chi connectivity index (χ4v) is 1.50. The molecule has 0 bridgehead atoms. The first-order chi connectivity index (χ1) is 7.69. The Morgan fingerprint density at radius 1 is 1.50 bits per heavy atom. The molecule has 1 aromatic carbocycles. The van der Waals surface area contributed by atoms with Gasteiger partial charge in [-0.2, -0.15) is 0 Å². The SMILES string of the molecule is C=C[C@H](CC(=O)OC)[C@@H](O)c1ccccc1. The van der Waals surface area contributed by atoms with Gasteiger partial charge in [-0.25, -0.2) is 0 Å². The lowest BCUT2D eigenvalue weighted by atomic mass is 9.93. The van der Waals surface area contributed by atoms with Gasteiger partial charge < -0.3 is 9.84 Å². The zero-order valence-corrected chi connectivity index (χ0v) is 9.30. The molecule has 1 rings (SSSR count). The number of carbonyl (C=O) groups is 1. The van der Waals surface area contributed by atoms with E-state index in [0.29, 0.717) is 0 Å². The molecule has 0 unspecified atom stereocenters. The summed E-state index contributed by atoms with van der Waals surface area (Å²) in [6.07, 6.45) is 0.989. The largest absolute Gasteiger partial charge is 0.469 e. The van der Waals surface area contributed by atoms with E-state index in [-0.39, 0.29) is 18.3 Å². The molecule has 0 radical (unpaired) electrons. The number of benzene rings is 1. The number of hydrogen-bond acceptors (Lipinski definition) is 3. The Labute approximate surface area is 95.4 Å². The summed E-state index contributed by atoms with van der Waals surface area (Å²) >= 11 is 0. The van der Waals surface area contributed by atoms with Crippen molar-refractivity contribution in [3.63, 3.8) is 0 Å². The second-order valence-electron chi connectivity index (χ2n) is 3.54. The van der Waals surface area contributed by atoms with Gasteiger partial charge in [-0.1, -0.05) is 36.4 Å². The summed E-state index contributed by atoms with van der Waals surface area (Å²) in [5, 5.41) is 10.0. The standard InChI is InChI=1S/C13H16O3/c1-3-10(9-12(14)16-2)13(15)11-7-5-4-6-8-11/h3-8,10,13,15H,1,9H2,2H3/t10-,13-/m1/s1. The van der Waals surface area contributed by atoms with E-state index < -0.39 is 6.10 Å². The molecule has 0 amide bonds. The minimum atomic E-state index is -0.724. The fourth-order valence-electron chi connectivity index (χ4n) is 1.50. The summed E-state index contributed by atoms with van der Waals surface area (Å²) in [4.78, 5) is 11.1. The molecule has 0 aliphatic heterocycles. The van der Waals surface area contributed by atoms with Crippen LogP contribution in [0.25, 0.3) is 0 Å². The molecule has 0 spiro atoms. The first kappa shape index (κ1) is 12.5. The van der Waals surface area contributed by atoms with E-state index in [0.717, 1.165) is 5.56 Å². The lowest BCUT2D eigenvalue weighted by molar-refractivity contribution is -0.142. The summed E-state index contributed by atoms with van der Waals surface area (Å²) in [7, 11) is 1.33. The maximum atomic E-state index is 11.1. The van der Waals surface area contributed by atoms with Gasteiger partial charge in [0.15, 0.2) is 0 Å². The second-order valence-corrected chi connectivity index (χ2v) is 3.54. The first-order valence-electron chi connectivity index (χ1n) is 5.11. The third-order valence-corrected chi connectivity index (χ3v) is 2.48. The maximum Gasteiger partial charge on any atom is 0.306 e. The van der Waals surface area contributed by atoms with Crippen molar-refractivity contribution in [2.45, 2.75) is 12.5 Å². The van der Waals surface area contributed by atoms with Crippen molar-refractivity contribution in [2.75, 3.05) is 7.11 Å². The number of esters is 1. The van der Waals surface area contributed by atoms with E-state index in [1.165, 1.54) is 7.11 Å². The number of aliphatic hydroxyl groups excluding tert-OH is 1. The molecule has 0 fully saturated rings. The Balaban J connectivity index is 2.73. The zero-order chi connectivity index (χ0) is 12.0. The summed E-state index contributed by atoms with van der Waals surface area (Å²) < 4.78 is 4.57. The molecule has 1 N–H and O–H groups in total. The molecule has 0 saturated carbocycles. The Morgan fingerprint density at radius 3 is 2.62 bits per heavy atom. The Bertz CT molecular complexity index is 345. The van der Waals surface area contributed by atoms with Gasteiger partial charge in [-0.05, 0) is 5.56 Å². The minimum absolute atomic E-state index is 0.135. The highest BCUT2D eigenvalue weighted by molar-refractivity contribution is 5.69. The van der Waals surface area contributed by atoms with E-state index >= 15 is 0 Å². The van der Waals surface area contributed by atoms with E-state index in [9.17, 15) is 9.90 Å². The van der Waals surface area contributed by atoms with E-state index in [4.69, 9.17) is 0 Å². The van der Waals surface area contributed by atoms with Crippen molar-refractivity contribution < 1.29 is 14.6 Å². The van der Waals surface area contributed by atoms with Gasteiger partial charge in [0.05, 0.1) is 19.6 Å². The molecule has 16 heavy (non-hydrogen) atoms. The van der Waals surface area contributed by atoms with Crippen molar-refractivity contribution in [3.05, 3.63) is 48.6 Å². The third kappa shape index (κ3) is 3.21. The van der Waals surface area contributed by atoms with Gasteiger partial charge in [-0.15, -0.1) is 6.58 Å². The zero-order valence-electron chi connectivity index (χ0n) is 9.30. The Morgan fingerprint density at radius 2 is 2.12 bits per heavy atom. The predicted octanol–water partition coefficient (Wildman–Crippen LogP) is 2.09. The predicted molar refractivity (Wildman–Crippen MR) is 61.7 cm³/mol. The summed E-state index contributed by atoms with van der Waals surface area (Å²) in [5.74, 6) is -0.672. The summed E-state index contributed by atoms with van der Waals surface area (Å²) in [6.45, 7) is 3.63. The topological polar surface area (TPSA) is 46.5 Å². The molecular formula is C13H16O3. The fraction of sp³-hybridized carbons (Fsp3) is 0.308. The van der Waals surface area contributed by atoms with Crippen molar-refractivity contribution >= 4 is 5.97 Å². The highest BCUT2D eigenvalue weighted by atomic mass is 16.5. The molecule has 2 atom stereocenters. The van der Waals surface area contributed by atoms with Crippen molar-refractivity contribution in [1.29, 1.82) is 0 Å². The van der Waals surface area contributed by atoms with Gasteiger partial charge in [0.1, 0.15) is 0 Å². The van der Waals surface area contributed by atoms with Crippen LogP contribution in [0.1, 0.15) is 18.1 Å². The van der Waals surface area contributed by atoms with Crippen LogP contribution in [0.3, 0.4) is 0 Å². The third-order valence-electron chi connectivity index (χ3n) is 2.48. The number of carbonyl (C=O) groups excluding carboxylic acids is 1. The van der Waals surface area contributed by atoms with E-state index in [2.05, 4.69) is 11.3 Å². The van der Waals surface area contributed by atoms with Crippen LogP contribution in [0.4, 0.5) is 0 Å². The first-order valence-corrected chi connectivity index (χ1v) is 5.11.